The molecule has 1 saturated heterocycles. The minimum atomic E-state index is -0.889. The number of likely N-dealkylation sites (N-methyl/N-ethyl adjacent to an activating group) is 2. The van der Waals surface area contributed by atoms with E-state index in [1.165, 1.54) is 11.9 Å². The Kier molecular flexibility index (Phi) is 6.39. The minimum Gasteiger partial charge on any atom is -0.491 e. The molecule has 156 valence electrons. The number of amides is 3. The summed E-state index contributed by atoms with van der Waals surface area (Å²) in [5, 5.41) is 14.3. The second-order valence-corrected chi connectivity index (χ2v) is 7.37. The van der Waals surface area contributed by atoms with Crippen LogP contribution in [0.15, 0.2) is 29.3 Å². The zero-order valence-corrected chi connectivity index (χ0v) is 17.4. The van der Waals surface area contributed by atoms with Crippen LogP contribution in [0.4, 0.5) is 4.79 Å². The Morgan fingerprint density at radius 2 is 1.97 bits per heavy atom. The van der Waals surface area contributed by atoms with Gasteiger partial charge < -0.3 is 9.84 Å². The average Bonchev–Trinajstić information content (AvgIpc) is 3.07. The topological polar surface area (TPSA) is 97.5 Å². The Bertz CT molecular complexity index is 855. The summed E-state index contributed by atoms with van der Waals surface area (Å²) in [6.07, 6.45) is -0.0303. The van der Waals surface area contributed by atoms with Crippen LogP contribution in [0.25, 0.3) is 0 Å². The Balaban J connectivity index is 1.76. The lowest BCUT2D eigenvalue weighted by atomic mass is 10.1. The number of halogens is 1. The van der Waals surface area contributed by atoms with Crippen molar-refractivity contribution in [1.82, 2.24) is 15.1 Å². The molecule has 29 heavy (non-hydrogen) atoms. The number of aliphatic hydroxyl groups is 1. The van der Waals surface area contributed by atoms with Gasteiger partial charge in [-0.2, -0.15) is 0 Å². The number of guanidine groups is 1. The molecule has 3 amide bonds. The van der Waals surface area contributed by atoms with Crippen molar-refractivity contribution in [2.24, 2.45) is 4.99 Å². The number of fused-ring (bicyclic) bond motifs is 1. The Labute approximate surface area is 174 Å². The van der Waals surface area contributed by atoms with Crippen LogP contribution in [-0.2, 0) is 4.79 Å². The number of benzene rings is 1. The van der Waals surface area contributed by atoms with E-state index in [4.69, 9.17) is 16.3 Å². The van der Waals surface area contributed by atoms with Gasteiger partial charge in [0.15, 0.2) is 0 Å². The van der Waals surface area contributed by atoms with Crippen molar-refractivity contribution in [2.45, 2.75) is 25.5 Å². The Morgan fingerprint density at radius 3 is 2.62 bits per heavy atom. The lowest BCUT2D eigenvalue weighted by molar-refractivity contribution is -0.545. The summed E-state index contributed by atoms with van der Waals surface area (Å²) in [4.78, 5) is 31.9. The Hall–Kier alpha value is -2.65. The molecule has 2 N–H and O–H groups in total. The second-order valence-electron chi connectivity index (χ2n) is 6.93. The molecule has 0 aromatic heterocycles. The fraction of sp³-hybridized carbons (Fsp3) is 0.474. The predicted molar refractivity (Wildman–Crippen MR) is 109 cm³/mol. The van der Waals surface area contributed by atoms with Crippen molar-refractivity contribution in [3.63, 3.8) is 0 Å². The third-order valence-corrected chi connectivity index (χ3v) is 4.98. The fourth-order valence-electron chi connectivity index (χ4n) is 3.17. The zero-order chi connectivity index (χ0) is 21.1. The summed E-state index contributed by atoms with van der Waals surface area (Å²) in [5.74, 6) is 1.01. The van der Waals surface area contributed by atoms with E-state index in [-0.39, 0.29) is 19.1 Å². The summed E-state index contributed by atoms with van der Waals surface area (Å²) in [6, 6.07) is 5.63. The molecular formula is C19H25ClN5O4+. The number of imide groups is 1. The molecule has 2 aliphatic rings. The summed E-state index contributed by atoms with van der Waals surface area (Å²) in [6.45, 7) is 2.80. The number of β-amino-alcohol motifs (C(OH)–C–C–N with tert-alkyl or cyclic N) is 1. The highest BCUT2D eigenvalue weighted by atomic mass is 35.5. The molecule has 2 atom stereocenters. The standard InChI is InChI=1S/C19H24ClN5O4/c1-4-9-21-18-22-16-15(17(27)24(3)19(28)23(16)2)25(18)10-13(26)11-29-14-7-5-12(20)6-8-14/h5-8,13,15,26H,4,9-11H2,1-3H3/p+1. The molecular weight excluding hydrogens is 398 g/mol. The van der Waals surface area contributed by atoms with Crippen molar-refractivity contribution in [3.8, 4) is 5.75 Å². The third kappa shape index (κ3) is 4.35. The van der Waals surface area contributed by atoms with E-state index in [9.17, 15) is 14.7 Å². The number of nitrogens with zero attached hydrogens (tertiary/aromatic N) is 4. The second kappa shape index (κ2) is 8.79. The number of urea groups is 1. The smallest absolute Gasteiger partial charge is 0.390 e. The van der Waals surface area contributed by atoms with E-state index in [0.29, 0.717) is 29.1 Å². The van der Waals surface area contributed by atoms with Crippen molar-refractivity contribution in [3.05, 3.63) is 29.3 Å². The molecule has 2 aliphatic heterocycles. The van der Waals surface area contributed by atoms with E-state index < -0.39 is 18.2 Å². The summed E-state index contributed by atoms with van der Waals surface area (Å²) < 4.78 is 7.29. The highest BCUT2D eigenvalue weighted by Crippen LogP contribution is 2.19. The monoisotopic (exact) mass is 422 g/mol. The van der Waals surface area contributed by atoms with Crippen LogP contribution in [0, 0.1) is 0 Å². The summed E-state index contributed by atoms with van der Waals surface area (Å²) >= 11 is 5.86. The van der Waals surface area contributed by atoms with Crippen molar-refractivity contribution in [1.29, 1.82) is 0 Å². The van der Waals surface area contributed by atoms with Crippen LogP contribution in [0.1, 0.15) is 13.3 Å². The van der Waals surface area contributed by atoms with Gasteiger partial charge in [0, 0.05) is 19.1 Å². The van der Waals surface area contributed by atoms with Crippen LogP contribution in [0.3, 0.4) is 0 Å². The van der Waals surface area contributed by atoms with E-state index in [0.717, 1.165) is 11.3 Å². The lowest BCUT2D eigenvalue weighted by Gasteiger charge is -2.32. The number of nitrogens with one attached hydrogen (secondary N) is 1. The van der Waals surface area contributed by atoms with Crippen LogP contribution >= 0.6 is 11.6 Å². The lowest BCUT2D eigenvalue weighted by Crippen LogP contribution is -2.62. The molecule has 0 bridgehead atoms. The number of ether oxygens (including phenoxy) is 1. The highest BCUT2D eigenvalue weighted by molar-refractivity contribution is 6.30. The molecule has 9 nitrogen and oxygen atoms in total. The highest BCUT2D eigenvalue weighted by Gasteiger charge is 2.51. The first-order valence-electron chi connectivity index (χ1n) is 9.41. The number of rotatable bonds is 7. The fourth-order valence-corrected chi connectivity index (χ4v) is 3.30. The van der Waals surface area contributed by atoms with Crippen LogP contribution in [0.5, 0.6) is 5.75 Å². The van der Waals surface area contributed by atoms with Gasteiger partial charge in [0.25, 0.3) is 5.91 Å². The summed E-state index contributed by atoms with van der Waals surface area (Å²) in [7, 11) is 3.02. The average molecular weight is 423 g/mol. The van der Waals surface area contributed by atoms with E-state index in [1.54, 1.807) is 35.9 Å². The first-order valence-corrected chi connectivity index (χ1v) is 9.79. The van der Waals surface area contributed by atoms with Crippen LogP contribution in [-0.4, -0.2) is 89.2 Å². The van der Waals surface area contributed by atoms with Crippen LogP contribution < -0.4 is 10.1 Å². The number of aliphatic hydroxyl groups excluding tert-OH is 1. The largest absolute Gasteiger partial charge is 0.491 e. The van der Waals surface area contributed by atoms with Gasteiger partial charge in [-0.1, -0.05) is 23.5 Å². The minimum absolute atomic E-state index is 0.0278. The maximum atomic E-state index is 12.8. The summed E-state index contributed by atoms with van der Waals surface area (Å²) in [5.41, 5.74) is 0. The van der Waals surface area contributed by atoms with Gasteiger partial charge in [0.2, 0.25) is 11.9 Å². The predicted octanol–water partition coefficient (Wildman–Crippen LogP) is 0.752. The van der Waals surface area contributed by atoms with E-state index in [2.05, 4.69) is 10.3 Å². The van der Waals surface area contributed by atoms with Crippen molar-refractivity contribution < 1.29 is 24.0 Å². The molecule has 3 rings (SSSR count). The zero-order valence-electron chi connectivity index (χ0n) is 16.6. The molecule has 1 aromatic rings. The van der Waals surface area contributed by atoms with Crippen LogP contribution in [0.2, 0.25) is 5.02 Å². The van der Waals surface area contributed by atoms with Gasteiger partial charge in [-0.3, -0.25) is 19.9 Å². The molecule has 1 aromatic carbocycles. The maximum Gasteiger partial charge on any atom is 0.390 e. The Morgan fingerprint density at radius 1 is 1.28 bits per heavy atom. The molecule has 1 fully saturated rings. The molecule has 0 spiro atoms. The van der Waals surface area contributed by atoms with Gasteiger partial charge in [0.1, 0.15) is 18.5 Å². The van der Waals surface area contributed by atoms with Gasteiger partial charge in [-0.15, -0.1) is 0 Å². The normalized spacial score (nSPS) is 20.0. The number of carbonyl (C=O) groups excluding carboxylic acids is 2. The number of amidine groups is 1. The number of hydrogen-bond donors (Lipinski definition) is 2. The number of hydrogen-bond acceptors (Lipinski definition) is 6. The van der Waals surface area contributed by atoms with Crippen molar-refractivity contribution in [2.75, 3.05) is 33.8 Å². The molecule has 0 aliphatic carbocycles. The molecule has 10 heteroatoms. The van der Waals surface area contributed by atoms with Crippen molar-refractivity contribution >= 4 is 35.3 Å². The van der Waals surface area contributed by atoms with E-state index >= 15 is 0 Å². The molecule has 0 saturated carbocycles. The number of aliphatic imine (C=N–C) groups is 1. The number of carbonyl (C=O) groups is 2. The van der Waals surface area contributed by atoms with Gasteiger partial charge in [-0.25, -0.2) is 9.37 Å². The maximum absolute atomic E-state index is 12.8. The SMILES string of the molecule is CCCNC1=[N+](CC(O)COc2ccc(Cl)cc2)C2C(=O)N(C)C(=O)N(C)C2=N1. The quantitative estimate of drug-likeness (QED) is 0.632. The van der Waals surface area contributed by atoms with Gasteiger partial charge in [-0.05, 0) is 30.7 Å². The van der Waals surface area contributed by atoms with E-state index in [1.807, 2.05) is 6.92 Å². The van der Waals surface area contributed by atoms with Gasteiger partial charge >= 0.3 is 12.0 Å². The first kappa shape index (κ1) is 21.1. The molecule has 0 radical (unpaired) electrons. The van der Waals surface area contributed by atoms with Gasteiger partial charge in [0.05, 0.1) is 13.1 Å². The third-order valence-electron chi connectivity index (χ3n) is 4.73. The first-order chi connectivity index (χ1) is 13.8. The molecule has 2 heterocycles. The molecule has 2 unspecified atom stereocenters.